The molecule has 0 N–H and O–H groups in total. The number of halogens is 1. The number of rotatable bonds is 3. The van der Waals surface area contributed by atoms with E-state index in [1.54, 1.807) is 0 Å². The van der Waals surface area contributed by atoms with Crippen LogP contribution in [0.5, 0.6) is 0 Å². The molecule has 0 spiro atoms. The van der Waals surface area contributed by atoms with E-state index in [0.717, 1.165) is 30.5 Å². The van der Waals surface area contributed by atoms with Crippen molar-refractivity contribution >= 4 is 11.6 Å². The monoisotopic (exact) mass is 331 g/mol. The van der Waals surface area contributed by atoms with Gasteiger partial charge < -0.3 is 4.52 Å². The zero-order chi connectivity index (χ0) is 15.6. The molecule has 2 aromatic rings. The number of likely N-dealkylation sites (tertiary alicyclic amines) is 1. The van der Waals surface area contributed by atoms with Gasteiger partial charge in [-0.1, -0.05) is 36.0 Å². The van der Waals surface area contributed by atoms with Crippen molar-refractivity contribution in [1.82, 2.24) is 15.0 Å². The molecule has 1 saturated heterocycles. The van der Waals surface area contributed by atoms with Crippen LogP contribution in [0.25, 0.3) is 11.4 Å². The third kappa shape index (κ3) is 3.43. The van der Waals surface area contributed by atoms with Gasteiger partial charge in [0.2, 0.25) is 11.7 Å². The number of piperidine rings is 1. The highest BCUT2D eigenvalue weighted by Crippen LogP contribution is 2.36. The molecule has 1 aromatic carbocycles. The van der Waals surface area contributed by atoms with Gasteiger partial charge in [-0.25, -0.2) is 0 Å². The van der Waals surface area contributed by atoms with Crippen LogP contribution in [-0.2, 0) is 6.54 Å². The van der Waals surface area contributed by atoms with E-state index in [2.05, 4.69) is 15.0 Å². The maximum atomic E-state index is 5.92. The maximum Gasteiger partial charge on any atom is 0.241 e. The first-order valence-electron chi connectivity index (χ1n) is 8.59. The van der Waals surface area contributed by atoms with Crippen LogP contribution in [0.3, 0.4) is 0 Å². The molecule has 1 aromatic heterocycles. The third-order valence-electron chi connectivity index (χ3n) is 5.30. The molecule has 0 amide bonds. The number of nitrogens with zero attached hydrogens (tertiary/aromatic N) is 3. The molecule has 0 bridgehead atoms. The predicted molar refractivity (Wildman–Crippen MR) is 90.1 cm³/mol. The van der Waals surface area contributed by atoms with Crippen molar-refractivity contribution in [3.05, 3.63) is 35.2 Å². The summed E-state index contributed by atoms with van der Waals surface area (Å²) >= 11 is 5.92. The van der Waals surface area contributed by atoms with Crippen LogP contribution >= 0.6 is 11.6 Å². The van der Waals surface area contributed by atoms with Gasteiger partial charge in [0.25, 0.3) is 0 Å². The molecule has 2 atom stereocenters. The van der Waals surface area contributed by atoms with Crippen molar-refractivity contribution in [1.29, 1.82) is 0 Å². The Labute approximate surface area is 141 Å². The van der Waals surface area contributed by atoms with E-state index < -0.39 is 0 Å². The molecular formula is C18H22ClN3O. The molecule has 23 heavy (non-hydrogen) atoms. The SMILES string of the molecule is Clc1ccc(-c2noc(CN3CCC4CCCCC4C3)n2)cc1. The fourth-order valence-electron chi connectivity index (χ4n) is 4.05. The fourth-order valence-corrected chi connectivity index (χ4v) is 4.17. The summed E-state index contributed by atoms with van der Waals surface area (Å²) in [6.45, 7) is 3.10. The van der Waals surface area contributed by atoms with Crippen LogP contribution in [0.1, 0.15) is 38.0 Å². The first kappa shape index (κ1) is 15.2. The smallest absolute Gasteiger partial charge is 0.241 e. The van der Waals surface area contributed by atoms with Crippen molar-refractivity contribution < 1.29 is 4.52 Å². The molecule has 2 unspecified atom stereocenters. The molecule has 2 fully saturated rings. The van der Waals surface area contributed by atoms with E-state index in [1.807, 2.05) is 24.3 Å². The molecule has 4 rings (SSSR count). The zero-order valence-corrected chi connectivity index (χ0v) is 14.0. The first-order valence-corrected chi connectivity index (χ1v) is 8.96. The summed E-state index contributed by atoms with van der Waals surface area (Å²) in [7, 11) is 0. The summed E-state index contributed by atoms with van der Waals surface area (Å²) in [5.41, 5.74) is 0.940. The van der Waals surface area contributed by atoms with Gasteiger partial charge in [0.1, 0.15) is 0 Å². The molecule has 0 radical (unpaired) electrons. The van der Waals surface area contributed by atoms with E-state index in [9.17, 15) is 0 Å². The van der Waals surface area contributed by atoms with Crippen LogP contribution in [0.15, 0.2) is 28.8 Å². The second-order valence-electron chi connectivity index (χ2n) is 6.85. The second kappa shape index (κ2) is 6.62. The summed E-state index contributed by atoms with van der Waals surface area (Å²) in [5.74, 6) is 3.18. The summed E-state index contributed by atoms with van der Waals surface area (Å²) in [6.07, 6.45) is 6.97. The largest absolute Gasteiger partial charge is 0.338 e. The highest BCUT2D eigenvalue weighted by atomic mass is 35.5. The van der Waals surface area contributed by atoms with Crippen LogP contribution in [0, 0.1) is 11.8 Å². The van der Waals surface area contributed by atoms with E-state index in [-0.39, 0.29) is 0 Å². The number of fused-ring (bicyclic) bond motifs is 1. The summed E-state index contributed by atoms with van der Waals surface area (Å²) < 4.78 is 5.45. The maximum absolute atomic E-state index is 5.92. The minimum Gasteiger partial charge on any atom is -0.338 e. The quantitative estimate of drug-likeness (QED) is 0.835. The van der Waals surface area contributed by atoms with Crippen molar-refractivity contribution in [2.75, 3.05) is 13.1 Å². The average Bonchev–Trinajstić information content (AvgIpc) is 3.04. The Morgan fingerprint density at radius 1 is 1.09 bits per heavy atom. The minimum absolute atomic E-state index is 0.643. The van der Waals surface area contributed by atoms with Crippen LogP contribution in [0.2, 0.25) is 5.02 Å². The van der Waals surface area contributed by atoms with Crippen LogP contribution < -0.4 is 0 Å². The minimum atomic E-state index is 0.643. The molecule has 122 valence electrons. The molecule has 1 aliphatic carbocycles. The second-order valence-corrected chi connectivity index (χ2v) is 7.28. The molecule has 5 heteroatoms. The molecule has 2 heterocycles. The molecule has 4 nitrogen and oxygen atoms in total. The van der Waals surface area contributed by atoms with Gasteiger partial charge in [-0.2, -0.15) is 4.98 Å². The van der Waals surface area contributed by atoms with Crippen molar-refractivity contribution in [2.24, 2.45) is 11.8 Å². The Morgan fingerprint density at radius 2 is 1.87 bits per heavy atom. The van der Waals surface area contributed by atoms with Crippen molar-refractivity contribution in [2.45, 2.75) is 38.6 Å². The van der Waals surface area contributed by atoms with E-state index >= 15 is 0 Å². The van der Waals surface area contributed by atoms with E-state index in [1.165, 1.54) is 38.6 Å². The van der Waals surface area contributed by atoms with Gasteiger partial charge in [0, 0.05) is 17.1 Å². The fraction of sp³-hybridized carbons (Fsp3) is 0.556. The molecule has 1 saturated carbocycles. The lowest BCUT2D eigenvalue weighted by molar-refractivity contribution is 0.0747. The van der Waals surface area contributed by atoms with Crippen molar-refractivity contribution in [3.63, 3.8) is 0 Å². The first-order chi connectivity index (χ1) is 11.3. The van der Waals surface area contributed by atoms with Gasteiger partial charge in [0.15, 0.2) is 0 Å². The summed E-state index contributed by atoms with van der Waals surface area (Å²) in [5, 5.41) is 4.82. The third-order valence-corrected chi connectivity index (χ3v) is 5.56. The number of hydrogen-bond donors (Lipinski definition) is 0. The summed E-state index contributed by atoms with van der Waals surface area (Å²) in [6, 6.07) is 7.54. The number of aromatic nitrogens is 2. The average molecular weight is 332 g/mol. The zero-order valence-electron chi connectivity index (χ0n) is 13.2. The number of benzene rings is 1. The van der Waals surface area contributed by atoms with Crippen LogP contribution in [0.4, 0.5) is 0 Å². The Bertz CT molecular complexity index is 655. The Hall–Kier alpha value is -1.39. The molecule has 2 aliphatic rings. The summed E-state index contributed by atoms with van der Waals surface area (Å²) in [4.78, 5) is 7.02. The molecule has 1 aliphatic heterocycles. The van der Waals surface area contributed by atoms with Gasteiger partial charge in [-0.05, 0) is 55.5 Å². The van der Waals surface area contributed by atoms with Gasteiger partial charge in [0.05, 0.1) is 6.54 Å². The Kier molecular flexibility index (Phi) is 4.36. The highest BCUT2D eigenvalue weighted by Gasteiger charge is 2.31. The highest BCUT2D eigenvalue weighted by molar-refractivity contribution is 6.30. The Balaban J connectivity index is 1.40. The Morgan fingerprint density at radius 3 is 2.70 bits per heavy atom. The van der Waals surface area contributed by atoms with Gasteiger partial charge >= 0.3 is 0 Å². The van der Waals surface area contributed by atoms with Crippen molar-refractivity contribution in [3.8, 4) is 11.4 Å². The lowest BCUT2D eigenvalue weighted by atomic mass is 9.75. The van der Waals surface area contributed by atoms with Crippen LogP contribution in [-0.4, -0.2) is 28.1 Å². The standard InChI is InChI=1S/C18H22ClN3O/c19-16-7-5-14(6-8-16)18-20-17(23-21-18)12-22-10-9-13-3-1-2-4-15(13)11-22/h5-8,13,15H,1-4,9-12H2. The van der Waals surface area contributed by atoms with Gasteiger partial charge in [-0.3, -0.25) is 4.90 Å². The normalized spacial score (nSPS) is 25.3. The van der Waals surface area contributed by atoms with E-state index in [0.29, 0.717) is 16.7 Å². The van der Waals surface area contributed by atoms with Gasteiger partial charge in [-0.15, -0.1) is 0 Å². The van der Waals surface area contributed by atoms with E-state index in [4.69, 9.17) is 16.1 Å². The topological polar surface area (TPSA) is 42.2 Å². The molecular weight excluding hydrogens is 310 g/mol. The lowest BCUT2D eigenvalue weighted by Crippen LogP contribution is -2.41. The lowest BCUT2D eigenvalue weighted by Gasteiger charge is -2.40. The number of hydrogen-bond acceptors (Lipinski definition) is 4. The predicted octanol–water partition coefficient (Wildman–Crippen LogP) is 4.40.